The Morgan fingerprint density at radius 2 is 0.711 bits per heavy atom. The lowest BCUT2D eigenvalue weighted by Crippen LogP contribution is -2.71. The standard InChI is InChI=1S/C71H120N4O53/c1-17-37(93)47(103)49(105)65(112-17)126-61-48(104)40(96)26(10-79)115-69(61)123-56-29(13-82)116-62(34(44(56)100)73-19(3)86)111-16-32-43(99)59(51(107)67(119-32)121-54-30(14-83)117-63(35(45(54)101)74-20(4)87)124-58-41(97)27(11-80)113-66(50(58)106)120-53(25(92)9-78)38(94)23(90)7-76)125-64-36(75-21(5)88)46(102)55(31(15-84)118-64)122-68-52(108)60(42(98)28(12-81)114-68)128-71(70(109)110)6-22(89)33(72-18(2)85)57(127-71)39(95)24(91)8-77/h17,22-69,76-84,89-108H,6-16H2,1-5H3,(H,72,85)(H,73,86)(H,74,87)(H,75,88)(H,109,110)/t17-,22-,23-,24+,25+,26+,27+,28+,29+,30+,31+,32+,33+,34+,35+,36+,37+,38+,39+,40-,41-,42-,43-,44+,45+,46+,47+,48-,49-,50+,51+,52+,53+,54+,55+,56+,57+,58-,59-,60-,61+,62+,63-,64-,65-,66-,67-,68-,69-,71-/m0/s1. The first-order valence-electron chi connectivity index (χ1n) is 40.6. The monoisotopic (exact) mass is 1880 g/mol. The molecule has 57 nitrogen and oxygen atoms in total. The minimum absolute atomic E-state index is 0.850. The van der Waals surface area contributed by atoms with Crippen LogP contribution < -0.4 is 21.3 Å². The number of hydrogen-bond acceptors (Lipinski definition) is 52. The lowest BCUT2D eigenvalue weighted by Gasteiger charge is -2.51. The van der Waals surface area contributed by atoms with E-state index in [4.69, 9.17) is 85.3 Å². The Labute approximate surface area is 724 Å². The Hall–Kier alpha value is -4.53. The molecule has 0 aromatic heterocycles. The minimum atomic E-state index is -3.33. The molecular weight excluding hydrogens is 1760 g/mol. The molecule has 0 spiro atoms. The molecule has 9 rings (SSSR count). The van der Waals surface area contributed by atoms with Crippen molar-refractivity contribution in [3.05, 3.63) is 0 Å². The number of ether oxygens (including phenoxy) is 18. The van der Waals surface area contributed by atoms with Gasteiger partial charge in [-0.1, -0.05) is 0 Å². The fraction of sp³-hybridized carbons (Fsp3) is 0.930. The molecule has 0 unspecified atom stereocenters. The summed E-state index contributed by atoms with van der Waals surface area (Å²) in [7, 11) is 0. The van der Waals surface area contributed by atoms with E-state index in [-0.39, 0.29) is 0 Å². The van der Waals surface area contributed by atoms with Gasteiger partial charge in [0.15, 0.2) is 50.3 Å². The molecule has 9 aliphatic heterocycles. The van der Waals surface area contributed by atoms with Crippen LogP contribution in [0.5, 0.6) is 0 Å². The Morgan fingerprint density at radius 1 is 0.352 bits per heavy atom. The van der Waals surface area contributed by atoms with Crippen LogP contribution in [-0.4, -0.2) is 555 Å². The van der Waals surface area contributed by atoms with E-state index in [0.717, 1.165) is 27.7 Å². The summed E-state index contributed by atoms with van der Waals surface area (Å²) in [5.74, 6) is -9.51. The molecule has 0 aliphatic carbocycles. The van der Waals surface area contributed by atoms with E-state index >= 15 is 0 Å². The van der Waals surface area contributed by atoms with Crippen LogP contribution in [0.4, 0.5) is 0 Å². The lowest BCUT2D eigenvalue weighted by atomic mass is 9.88. The van der Waals surface area contributed by atoms with Gasteiger partial charge in [-0.25, -0.2) is 4.79 Å². The number of rotatable bonds is 38. The van der Waals surface area contributed by atoms with Gasteiger partial charge >= 0.3 is 5.97 Å². The smallest absolute Gasteiger partial charge is 0.364 e. The fourth-order valence-electron chi connectivity index (χ4n) is 16.2. The van der Waals surface area contributed by atoms with Crippen molar-refractivity contribution < 1.29 is 262 Å². The third kappa shape index (κ3) is 23.9. The van der Waals surface area contributed by atoms with Crippen LogP contribution in [0.25, 0.3) is 0 Å². The third-order valence-corrected chi connectivity index (χ3v) is 23.0. The van der Waals surface area contributed by atoms with Crippen molar-refractivity contribution in [2.24, 2.45) is 0 Å². The maximum atomic E-state index is 13.3. The van der Waals surface area contributed by atoms with E-state index in [1.165, 1.54) is 6.92 Å². The molecule has 4 amide bonds. The van der Waals surface area contributed by atoms with Crippen LogP contribution in [0.15, 0.2) is 0 Å². The highest BCUT2D eigenvalue weighted by Gasteiger charge is 2.64. The molecular formula is C71H120N4O53. The molecule has 9 heterocycles. The predicted molar refractivity (Wildman–Crippen MR) is 394 cm³/mol. The number of carbonyl (C=O) groups is 5. The zero-order valence-electron chi connectivity index (χ0n) is 68.9. The molecule has 0 aromatic carbocycles. The second kappa shape index (κ2) is 46.8. The molecule has 0 bridgehead atoms. The molecule has 50 atom stereocenters. The maximum Gasteiger partial charge on any atom is 0.364 e. The first-order valence-corrected chi connectivity index (χ1v) is 40.6. The van der Waals surface area contributed by atoms with E-state index < -0.39 is 408 Å². The first kappa shape index (κ1) is 107. The van der Waals surface area contributed by atoms with Gasteiger partial charge in [-0.15, -0.1) is 0 Å². The average Bonchev–Trinajstić information content (AvgIpc) is 0.745. The molecule has 9 saturated heterocycles. The summed E-state index contributed by atoms with van der Waals surface area (Å²) < 4.78 is 106. The minimum Gasteiger partial charge on any atom is -0.477 e. The highest BCUT2D eigenvalue weighted by atomic mass is 16.8. The molecule has 34 N–H and O–H groups in total. The summed E-state index contributed by atoms with van der Waals surface area (Å²) in [6, 6.07) is -7.98. The van der Waals surface area contributed by atoms with Crippen molar-refractivity contribution in [2.45, 2.75) is 347 Å². The quantitative estimate of drug-likeness (QED) is 0.0273. The van der Waals surface area contributed by atoms with Crippen LogP contribution in [0, 0.1) is 0 Å². The molecule has 0 radical (unpaired) electrons. The lowest BCUT2D eigenvalue weighted by molar-refractivity contribution is -0.393. The van der Waals surface area contributed by atoms with Crippen LogP contribution in [0.3, 0.4) is 0 Å². The molecule has 9 aliphatic rings. The largest absolute Gasteiger partial charge is 0.477 e. The summed E-state index contributed by atoms with van der Waals surface area (Å²) in [6.45, 7) is -7.23. The van der Waals surface area contributed by atoms with Gasteiger partial charge in [0.2, 0.25) is 23.6 Å². The van der Waals surface area contributed by atoms with Gasteiger partial charge in [0.25, 0.3) is 5.79 Å². The van der Waals surface area contributed by atoms with E-state index in [1.54, 1.807) is 0 Å². The van der Waals surface area contributed by atoms with Crippen molar-refractivity contribution in [2.75, 3.05) is 66.1 Å². The molecule has 742 valence electrons. The van der Waals surface area contributed by atoms with Crippen LogP contribution in [0.2, 0.25) is 0 Å². The summed E-state index contributed by atoms with van der Waals surface area (Å²) in [5, 5.41) is 342. The van der Waals surface area contributed by atoms with Crippen molar-refractivity contribution in [3.63, 3.8) is 0 Å². The van der Waals surface area contributed by atoms with Crippen molar-refractivity contribution in [1.82, 2.24) is 21.3 Å². The predicted octanol–water partition coefficient (Wildman–Crippen LogP) is -22.4. The topological polar surface area (TPSA) is 907 Å². The van der Waals surface area contributed by atoms with Crippen LogP contribution in [0.1, 0.15) is 41.0 Å². The van der Waals surface area contributed by atoms with E-state index in [0.29, 0.717) is 0 Å². The summed E-state index contributed by atoms with van der Waals surface area (Å²) in [6.07, 6.45) is -99.0. The van der Waals surface area contributed by atoms with Crippen LogP contribution in [-0.2, 0) is 109 Å². The van der Waals surface area contributed by atoms with E-state index in [9.17, 15) is 177 Å². The Balaban J connectivity index is 1.04. The van der Waals surface area contributed by atoms with E-state index in [2.05, 4.69) is 21.3 Å². The summed E-state index contributed by atoms with van der Waals surface area (Å²) >= 11 is 0. The van der Waals surface area contributed by atoms with Gasteiger partial charge in [0, 0.05) is 34.1 Å². The second-order valence-electron chi connectivity index (χ2n) is 32.1. The number of amides is 4. The molecule has 57 heteroatoms. The van der Waals surface area contributed by atoms with Crippen molar-refractivity contribution in [3.8, 4) is 0 Å². The number of carboxylic acids is 1. The number of nitrogens with one attached hydrogen (secondary N) is 4. The first-order chi connectivity index (χ1) is 60.3. The van der Waals surface area contributed by atoms with Gasteiger partial charge in [-0.05, 0) is 6.92 Å². The Bertz CT molecular complexity index is 3480. The second-order valence-corrected chi connectivity index (χ2v) is 32.1. The number of aliphatic carboxylic acids is 1. The van der Waals surface area contributed by atoms with Crippen molar-refractivity contribution in [1.29, 1.82) is 0 Å². The molecule has 128 heavy (non-hydrogen) atoms. The molecule has 0 saturated carbocycles. The molecule has 0 aromatic rings. The zero-order chi connectivity index (χ0) is 95.0. The number of carboxylic acid groups (broad SMARTS) is 1. The van der Waals surface area contributed by atoms with Gasteiger partial charge in [-0.3, -0.25) is 19.2 Å². The zero-order valence-corrected chi connectivity index (χ0v) is 68.9. The van der Waals surface area contributed by atoms with Gasteiger partial charge in [-0.2, -0.15) is 0 Å². The van der Waals surface area contributed by atoms with E-state index in [1.807, 2.05) is 0 Å². The maximum absolute atomic E-state index is 13.3. The number of carbonyl (C=O) groups excluding carboxylic acids is 4. The molecule has 9 fully saturated rings. The highest BCUT2D eigenvalue weighted by molar-refractivity contribution is 5.77. The summed E-state index contributed by atoms with van der Waals surface area (Å²) in [4.78, 5) is 65.2. The van der Waals surface area contributed by atoms with Gasteiger partial charge in [0.1, 0.15) is 232 Å². The van der Waals surface area contributed by atoms with Crippen LogP contribution >= 0.6 is 0 Å². The van der Waals surface area contributed by atoms with Gasteiger partial charge in [0.05, 0.1) is 84.3 Å². The number of aliphatic hydroxyl groups is 29. The highest BCUT2D eigenvalue weighted by Crippen LogP contribution is 2.43. The third-order valence-electron chi connectivity index (χ3n) is 23.0. The number of hydrogen-bond donors (Lipinski definition) is 34. The average molecular weight is 1880 g/mol. The summed E-state index contributed by atoms with van der Waals surface area (Å²) in [5.41, 5.74) is 0. The Kier molecular flexibility index (Phi) is 39.2. The Morgan fingerprint density at radius 3 is 1.16 bits per heavy atom. The van der Waals surface area contributed by atoms with Gasteiger partial charge < -0.3 is 260 Å². The number of aliphatic hydroxyl groups excluding tert-OH is 29. The van der Waals surface area contributed by atoms with Crippen molar-refractivity contribution >= 4 is 29.6 Å². The SMILES string of the molecule is CC(=O)N[C@H]1[C@H](O[C@H]2[C@@H](O)[C@@H](CO)O[C@@H](O[C@@H]([C@H](O)[C@@H](O)CO)[C@H](O)CO)[C@@H]2O)O[C@H](CO)[C@@H](O[C@@H]2O[C@H](CO[C@@H]3O[C@H](CO)[C@@H](O[C@@H]4O[C@H](CO)[C@H](O)[C@H](O)[C@H]4O[C@@H]4O[C@@H](C)[C@@H](O)[C@@H](O)[C@@H]4O)[C@H](O)[C@H]3NC(C)=O)[C@H](O)[C@H](O[C@@H]3O[C@H](CO)[C@@H](O[C@@H]4O[C@H](CO)[C@H](O)[C@H](O[C@]5(C(=O)O)C[C@H](O)[C@@H](NC(C)=O)[C@H]([C@H](O)[C@H](O)CO)O5)[C@H]4O)[C@H](O)[C@H]3NC(C)=O)[C@H]2O)[C@@H]1O. The fourth-order valence-corrected chi connectivity index (χ4v) is 16.2. The normalized spacial score (nSPS) is 45.8.